The summed E-state index contributed by atoms with van der Waals surface area (Å²) in [5, 5.41) is 17.7. The fourth-order valence-corrected chi connectivity index (χ4v) is 2.86. The zero-order chi connectivity index (χ0) is 16.1. The van der Waals surface area contributed by atoms with E-state index < -0.39 is 0 Å². The fraction of sp³-hybridized carbons (Fsp3) is 0.211. The maximum Gasteiger partial charge on any atom is 0.186 e. The Bertz CT molecular complexity index is 761. The van der Waals surface area contributed by atoms with E-state index >= 15 is 0 Å². The normalized spacial score (nSPS) is 10.7. The van der Waals surface area contributed by atoms with Crippen LogP contribution in [0.3, 0.4) is 0 Å². The minimum atomic E-state index is -0.0476. The number of rotatable bonds is 5. The van der Waals surface area contributed by atoms with Crippen LogP contribution in [0, 0.1) is 11.3 Å². The Kier molecular flexibility index (Phi) is 4.49. The Labute approximate surface area is 136 Å². The van der Waals surface area contributed by atoms with Crippen molar-refractivity contribution in [3.05, 3.63) is 83.2 Å². The van der Waals surface area contributed by atoms with Crippen molar-refractivity contribution in [2.45, 2.75) is 25.8 Å². The van der Waals surface area contributed by atoms with Gasteiger partial charge < -0.3 is 0 Å². The van der Waals surface area contributed by atoms with Gasteiger partial charge in [-0.15, -0.1) is 5.10 Å². The lowest BCUT2D eigenvalue weighted by Crippen LogP contribution is -2.13. The van der Waals surface area contributed by atoms with E-state index in [0.717, 1.165) is 29.8 Å². The first-order valence-electron chi connectivity index (χ1n) is 7.78. The molecule has 0 atom stereocenters. The van der Waals surface area contributed by atoms with Crippen LogP contribution in [0.2, 0.25) is 0 Å². The predicted molar refractivity (Wildman–Crippen MR) is 88.9 cm³/mol. The molecule has 1 heterocycles. The lowest BCUT2D eigenvalue weighted by atomic mass is 9.87. The summed E-state index contributed by atoms with van der Waals surface area (Å²) >= 11 is 0. The van der Waals surface area contributed by atoms with Gasteiger partial charge in [0.25, 0.3) is 0 Å². The molecule has 0 radical (unpaired) electrons. The molecule has 0 aliphatic rings. The van der Waals surface area contributed by atoms with Gasteiger partial charge in [-0.05, 0) is 17.5 Å². The monoisotopic (exact) mass is 302 g/mol. The first kappa shape index (κ1) is 15.0. The number of aryl methyl sites for hydroxylation is 1. The molecule has 2 aromatic carbocycles. The second-order valence-corrected chi connectivity index (χ2v) is 5.41. The second kappa shape index (κ2) is 6.89. The lowest BCUT2D eigenvalue weighted by molar-refractivity contribution is 0.551. The van der Waals surface area contributed by atoms with E-state index in [-0.39, 0.29) is 5.92 Å². The molecule has 0 aliphatic carbocycles. The molecule has 0 saturated heterocycles. The highest BCUT2D eigenvalue weighted by atomic mass is 15.4. The molecule has 0 aliphatic heterocycles. The molecular formula is C19H18N4. The molecule has 0 bridgehead atoms. The number of nitrogens with zero attached hydrogens (tertiary/aromatic N) is 4. The quantitative estimate of drug-likeness (QED) is 0.721. The standard InChI is InChI=1S/C19H18N4/c1-2-13-23-19(17(14-20)21-22-23)18(15-9-5-3-6-10-15)16-11-7-4-8-12-16/h3-12,18H,2,13H2,1H3. The highest BCUT2D eigenvalue weighted by Gasteiger charge is 2.25. The van der Waals surface area contributed by atoms with Gasteiger partial charge in [0, 0.05) is 6.54 Å². The molecule has 0 saturated carbocycles. The number of hydrogen-bond donors (Lipinski definition) is 0. The van der Waals surface area contributed by atoms with E-state index in [9.17, 15) is 5.26 Å². The molecule has 4 nitrogen and oxygen atoms in total. The summed E-state index contributed by atoms with van der Waals surface area (Å²) in [6, 6.07) is 22.6. The Morgan fingerprint density at radius 1 is 1.00 bits per heavy atom. The number of nitriles is 1. The largest absolute Gasteiger partial charge is 0.247 e. The van der Waals surface area contributed by atoms with E-state index in [0.29, 0.717) is 5.69 Å². The van der Waals surface area contributed by atoms with E-state index in [2.05, 4.69) is 47.6 Å². The van der Waals surface area contributed by atoms with Gasteiger partial charge in [-0.25, -0.2) is 4.68 Å². The van der Waals surface area contributed by atoms with Crippen LogP contribution in [0.5, 0.6) is 0 Å². The maximum absolute atomic E-state index is 9.48. The van der Waals surface area contributed by atoms with Gasteiger partial charge in [-0.1, -0.05) is 72.8 Å². The molecule has 0 amide bonds. The molecule has 0 fully saturated rings. The molecule has 3 rings (SSSR count). The van der Waals surface area contributed by atoms with Crippen LogP contribution in [-0.4, -0.2) is 15.0 Å². The fourth-order valence-electron chi connectivity index (χ4n) is 2.86. The van der Waals surface area contributed by atoms with Crippen molar-refractivity contribution in [3.8, 4) is 6.07 Å². The predicted octanol–water partition coefficient (Wildman–Crippen LogP) is 3.74. The summed E-state index contributed by atoms with van der Waals surface area (Å²) < 4.78 is 1.86. The van der Waals surface area contributed by atoms with Crippen LogP contribution >= 0.6 is 0 Å². The molecule has 114 valence electrons. The van der Waals surface area contributed by atoms with Crippen LogP contribution in [0.1, 0.15) is 41.8 Å². The number of hydrogen-bond acceptors (Lipinski definition) is 3. The van der Waals surface area contributed by atoms with Gasteiger partial charge in [0.05, 0.1) is 11.6 Å². The Hall–Kier alpha value is -2.93. The Balaban J connectivity index is 2.21. The lowest BCUT2D eigenvalue weighted by Gasteiger charge is -2.19. The zero-order valence-electron chi connectivity index (χ0n) is 13.1. The molecule has 0 spiro atoms. The van der Waals surface area contributed by atoms with Crippen LogP contribution in [0.25, 0.3) is 0 Å². The average molecular weight is 302 g/mol. The topological polar surface area (TPSA) is 54.5 Å². The van der Waals surface area contributed by atoms with E-state index in [1.165, 1.54) is 0 Å². The summed E-state index contributed by atoms with van der Waals surface area (Å²) in [6.07, 6.45) is 0.942. The summed E-state index contributed by atoms with van der Waals surface area (Å²) in [5.74, 6) is -0.0476. The molecule has 4 heteroatoms. The summed E-state index contributed by atoms with van der Waals surface area (Å²) in [5.41, 5.74) is 3.53. The molecule has 1 aromatic heterocycles. The first-order valence-corrected chi connectivity index (χ1v) is 7.78. The van der Waals surface area contributed by atoms with Crippen molar-refractivity contribution < 1.29 is 0 Å². The Morgan fingerprint density at radius 2 is 1.57 bits per heavy atom. The van der Waals surface area contributed by atoms with Gasteiger partial charge in [-0.2, -0.15) is 5.26 Å². The van der Waals surface area contributed by atoms with Crippen LogP contribution in [0.4, 0.5) is 0 Å². The smallest absolute Gasteiger partial charge is 0.186 e. The summed E-state index contributed by atoms with van der Waals surface area (Å²) in [6.45, 7) is 2.84. The third kappa shape index (κ3) is 3.00. The SMILES string of the molecule is CCCn1nnc(C#N)c1C(c1ccccc1)c1ccccc1. The van der Waals surface area contributed by atoms with Crippen LogP contribution in [0.15, 0.2) is 60.7 Å². The maximum atomic E-state index is 9.48. The van der Waals surface area contributed by atoms with Crippen molar-refractivity contribution in [2.75, 3.05) is 0 Å². The van der Waals surface area contributed by atoms with Crippen molar-refractivity contribution in [2.24, 2.45) is 0 Å². The molecule has 3 aromatic rings. The second-order valence-electron chi connectivity index (χ2n) is 5.41. The third-order valence-corrected chi connectivity index (χ3v) is 3.85. The molecule has 23 heavy (non-hydrogen) atoms. The van der Waals surface area contributed by atoms with Crippen molar-refractivity contribution in [1.29, 1.82) is 5.26 Å². The average Bonchev–Trinajstić information content (AvgIpc) is 3.00. The van der Waals surface area contributed by atoms with Crippen LogP contribution < -0.4 is 0 Å². The molecule has 0 unspecified atom stereocenters. The molecule has 0 N–H and O–H groups in total. The van der Waals surface area contributed by atoms with E-state index in [4.69, 9.17) is 0 Å². The van der Waals surface area contributed by atoms with Crippen molar-refractivity contribution in [1.82, 2.24) is 15.0 Å². The highest BCUT2D eigenvalue weighted by molar-refractivity contribution is 5.44. The van der Waals surface area contributed by atoms with Gasteiger partial charge >= 0.3 is 0 Å². The third-order valence-electron chi connectivity index (χ3n) is 3.85. The minimum absolute atomic E-state index is 0.0476. The van der Waals surface area contributed by atoms with Gasteiger partial charge in [0.1, 0.15) is 6.07 Å². The number of aromatic nitrogens is 3. The zero-order valence-corrected chi connectivity index (χ0v) is 13.1. The van der Waals surface area contributed by atoms with Crippen molar-refractivity contribution in [3.63, 3.8) is 0 Å². The number of benzene rings is 2. The van der Waals surface area contributed by atoms with Gasteiger partial charge in [-0.3, -0.25) is 0 Å². The van der Waals surface area contributed by atoms with E-state index in [1.807, 2.05) is 41.1 Å². The summed E-state index contributed by atoms with van der Waals surface area (Å²) in [7, 11) is 0. The van der Waals surface area contributed by atoms with Gasteiger partial charge in [0.15, 0.2) is 5.69 Å². The minimum Gasteiger partial charge on any atom is -0.247 e. The first-order chi connectivity index (χ1) is 11.3. The summed E-state index contributed by atoms with van der Waals surface area (Å²) in [4.78, 5) is 0. The highest BCUT2D eigenvalue weighted by Crippen LogP contribution is 2.33. The van der Waals surface area contributed by atoms with Crippen molar-refractivity contribution >= 4 is 0 Å². The Morgan fingerprint density at radius 3 is 2.04 bits per heavy atom. The van der Waals surface area contributed by atoms with Gasteiger partial charge in [0.2, 0.25) is 0 Å². The molecular weight excluding hydrogens is 284 g/mol. The van der Waals surface area contributed by atoms with E-state index in [1.54, 1.807) is 0 Å². The van der Waals surface area contributed by atoms with Crippen LogP contribution in [-0.2, 0) is 6.54 Å².